The summed E-state index contributed by atoms with van der Waals surface area (Å²) in [5, 5.41) is 6.67. The Kier molecular flexibility index (Phi) is 4.81. The number of hydrogen-bond donors (Lipinski definition) is 2. The smallest absolute Gasteiger partial charge is 0.196 e. The van der Waals surface area contributed by atoms with Crippen molar-refractivity contribution in [3.63, 3.8) is 0 Å². The standard InChI is InChI=1S/C27H20N2O2/c30-26-20-14-8-9-15-21(20)27(31)25-23(29-19-12-6-3-7-13-19)17-16-22(24(25)26)28-18-10-4-1-2-5-11-18/h1-4,6-17,28-29H,5H2. The van der Waals surface area contributed by atoms with Gasteiger partial charge in [-0.15, -0.1) is 0 Å². The Balaban J connectivity index is 1.66. The highest BCUT2D eigenvalue weighted by Gasteiger charge is 2.34. The molecule has 3 aromatic rings. The Morgan fingerprint density at radius 2 is 1.26 bits per heavy atom. The van der Waals surface area contributed by atoms with Crippen LogP contribution in [0.4, 0.5) is 17.1 Å². The van der Waals surface area contributed by atoms with Crippen LogP contribution in [0.5, 0.6) is 0 Å². The highest BCUT2D eigenvalue weighted by molar-refractivity contribution is 6.32. The molecule has 0 amide bonds. The van der Waals surface area contributed by atoms with Crippen molar-refractivity contribution in [2.45, 2.75) is 6.42 Å². The summed E-state index contributed by atoms with van der Waals surface area (Å²) in [7, 11) is 0. The van der Waals surface area contributed by atoms with Gasteiger partial charge in [0.25, 0.3) is 0 Å². The number of carbonyl (C=O) groups is 2. The van der Waals surface area contributed by atoms with Crippen molar-refractivity contribution in [1.29, 1.82) is 0 Å². The van der Waals surface area contributed by atoms with Crippen molar-refractivity contribution < 1.29 is 9.59 Å². The SMILES string of the molecule is O=C1c2ccccc2C(=O)c2c(Nc3ccccc3)ccc(NC3=CCC=CC=C3)c21. The van der Waals surface area contributed by atoms with Gasteiger partial charge in [0.1, 0.15) is 0 Å². The number of para-hydroxylation sites is 1. The van der Waals surface area contributed by atoms with E-state index in [9.17, 15) is 9.59 Å². The van der Waals surface area contributed by atoms with Gasteiger partial charge >= 0.3 is 0 Å². The van der Waals surface area contributed by atoms with Crippen LogP contribution >= 0.6 is 0 Å². The van der Waals surface area contributed by atoms with Crippen LogP contribution in [-0.4, -0.2) is 11.6 Å². The zero-order chi connectivity index (χ0) is 21.2. The van der Waals surface area contributed by atoms with Crippen LogP contribution in [0.3, 0.4) is 0 Å². The fraction of sp³-hybridized carbons (Fsp3) is 0.0370. The van der Waals surface area contributed by atoms with Crippen LogP contribution in [0.25, 0.3) is 0 Å². The van der Waals surface area contributed by atoms with Gasteiger partial charge in [0.15, 0.2) is 11.6 Å². The fourth-order valence-corrected chi connectivity index (χ4v) is 3.94. The number of carbonyl (C=O) groups excluding carboxylic acids is 2. The van der Waals surface area contributed by atoms with E-state index >= 15 is 0 Å². The number of anilines is 3. The third kappa shape index (κ3) is 3.49. The minimum absolute atomic E-state index is 0.152. The van der Waals surface area contributed by atoms with Crippen LogP contribution in [0, 0.1) is 0 Å². The number of fused-ring (bicyclic) bond motifs is 2. The average molecular weight is 404 g/mol. The molecule has 2 aliphatic carbocycles. The molecule has 0 aliphatic heterocycles. The van der Waals surface area contributed by atoms with Crippen molar-refractivity contribution in [3.05, 3.63) is 125 Å². The molecule has 0 saturated heterocycles. The molecule has 5 rings (SSSR count). The Labute approximate surface area is 180 Å². The second kappa shape index (κ2) is 7.92. The number of rotatable bonds is 4. The molecule has 0 saturated carbocycles. The predicted molar refractivity (Wildman–Crippen MR) is 124 cm³/mol. The van der Waals surface area contributed by atoms with Gasteiger partial charge in [0, 0.05) is 22.5 Å². The van der Waals surface area contributed by atoms with Gasteiger partial charge in [0.05, 0.1) is 22.5 Å². The van der Waals surface area contributed by atoms with E-state index in [-0.39, 0.29) is 11.6 Å². The summed E-state index contributed by atoms with van der Waals surface area (Å²) >= 11 is 0. The third-order valence-electron chi connectivity index (χ3n) is 5.40. The average Bonchev–Trinajstić information content (AvgIpc) is 3.08. The summed E-state index contributed by atoms with van der Waals surface area (Å²) in [5.74, 6) is -0.305. The first-order chi connectivity index (χ1) is 15.2. The zero-order valence-corrected chi connectivity index (χ0v) is 16.8. The lowest BCUT2D eigenvalue weighted by molar-refractivity contribution is 0.0980. The molecule has 3 aromatic carbocycles. The first-order valence-corrected chi connectivity index (χ1v) is 10.2. The number of ketones is 2. The van der Waals surface area contributed by atoms with Gasteiger partial charge in [-0.3, -0.25) is 9.59 Å². The van der Waals surface area contributed by atoms with Crippen molar-refractivity contribution in [1.82, 2.24) is 0 Å². The van der Waals surface area contributed by atoms with Crippen LogP contribution in [0.15, 0.2) is 103 Å². The van der Waals surface area contributed by atoms with Crippen molar-refractivity contribution in [3.8, 4) is 0 Å². The van der Waals surface area contributed by atoms with Crippen LogP contribution in [0.2, 0.25) is 0 Å². The Morgan fingerprint density at radius 1 is 0.645 bits per heavy atom. The second-order valence-corrected chi connectivity index (χ2v) is 7.41. The normalized spacial score (nSPS) is 14.4. The van der Waals surface area contributed by atoms with Crippen LogP contribution in [-0.2, 0) is 0 Å². The largest absolute Gasteiger partial charge is 0.355 e. The number of benzene rings is 3. The molecule has 2 N–H and O–H groups in total. The zero-order valence-electron chi connectivity index (χ0n) is 16.8. The predicted octanol–water partition coefficient (Wildman–Crippen LogP) is 6.02. The molecule has 0 atom stereocenters. The van der Waals surface area contributed by atoms with Gasteiger partial charge < -0.3 is 10.6 Å². The van der Waals surface area contributed by atoms with Crippen molar-refractivity contribution in [2.75, 3.05) is 10.6 Å². The first-order valence-electron chi connectivity index (χ1n) is 10.2. The first kappa shape index (κ1) is 18.8. The fourth-order valence-electron chi connectivity index (χ4n) is 3.94. The minimum atomic E-state index is -0.153. The Bertz CT molecular complexity index is 1280. The summed E-state index contributed by atoms with van der Waals surface area (Å²) in [6, 6.07) is 20.3. The van der Waals surface area contributed by atoms with E-state index in [0.29, 0.717) is 33.6 Å². The molecule has 0 unspecified atom stereocenters. The summed E-state index contributed by atoms with van der Waals surface area (Å²) in [5.41, 5.74) is 4.65. The van der Waals surface area contributed by atoms with Gasteiger partial charge in [-0.1, -0.05) is 66.8 Å². The van der Waals surface area contributed by atoms with Gasteiger partial charge in [-0.05, 0) is 36.8 Å². The van der Waals surface area contributed by atoms with Crippen LogP contribution < -0.4 is 10.6 Å². The van der Waals surface area contributed by atoms with E-state index in [2.05, 4.69) is 16.7 Å². The monoisotopic (exact) mass is 404 g/mol. The van der Waals surface area contributed by atoms with Gasteiger partial charge in [-0.25, -0.2) is 0 Å². The molecule has 0 bridgehead atoms. The lowest BCUT2D eigenvalue weighted by Crippen LogP contribution is -2.23. The molecular weight excluding hydrogens is 384 g/mol. The molecule has 31 heavy (non-hydrogen) atoms. The minimum Gasteiger partial charge on any atom is -0.355 e. The lowest BCUT2D eigenvalue weighted by Gasteiger charge is -2.24. The summed E-state index contributed by atoms with van der Waals surface area (Å²) in [6.07, 6.45) is 10.8. The number of hydrogen-bond acceptors (Lipinski definition) is 4. The van der Waals surface area contributed by atoms with Gasteiger partial charge in [0.2, 0.25) is 0 Å². The molecule has 2 aliphatic rings. The molecule has 0 aromatic heterocycles. The Morgan fingerprint density at radius 3 is 1.94 bits per heavy atom. The topological polar surface area (TPSA) is 58.2 Å². The van der Waals surface area contributed by atoms with E-state index in [4.69, 9.17) is 0 Å². The molecule has 0 fully saturated rings. The summed E-state index contributed by atoms with van der Waals surface area (Å²) in [6.45, 7) is 0. The summed E-state index contributed by atoms with van der Waals surface area (Å²) in [4.78, 5) is 27.0. The second-order valence-electron chi connectivity index (χ2n) is 7.41. The summed E-state index contributed by atoms with van der Waals surface area (Å²) < 4.78 is 0. The van der Waals surface area contributed by atoms with E-state index in [0.717, 1.165) is 17.8 Å². The maximum absolute atomic E-state index is 13.5. The molecule has 0 heterocycles. The van der Waals surface area contributed by atoms with E-state index in [1.807, 2.05) is 66.8 Å². The molecule has 4 nitrogen and oxygen atoms in total. The highest BCUT2D eigenvalue weighted by Crippen LogP contribution is 2.38. The molecule has 0 radical (unpaired) electrons. The highest BCUT2D eigenvalue weighted by atomic mass is 16.1. The maximum atomic E-state index is 13.5. The van der Waals surface area contributed by atoms with Crippen LogP contribution in [0.1, 0.15) is 38.3 Å². The number of allylic oxidation sites excluding steroid dienone is 5. The molecular formula is C27H20N2O2. The molecule has 0 spiro atoms. The van der Waals surface area contributed by atoms with Crippen molar-refractivity contribution in [2.24, 2.45) is 0 Å². The van der Waals surface area contributed by atoms with E-state index < -0.39 is 0 Å². The maximum Gasteiger partial charge on any atom is 0.196 e. The molecule has 4 heteroatoms. The third-order valence-corrected chi connectivity index (χ3v) is 5.40. The number of nitrogens with one attached hydrogen (secondary N) is 2. The van der Waals surface area contributed by atoms with Gasteiger partial charge in [-0.2, -0.15) is 0 Å². The Hall–Kier alpha value is -4.18. The lowest BCUT2D eigenvalue weighted by atomic mass is 9.82. The quantitative estimate of drug-likeness (QED) is 0.437. The van der Waals surface area contributed by atoms with E-state index in [1.54, 1.807) is 24.3 Å². The van der Waals surface area contributed by atoms with E-state index in [1.165, 1.54) is 0 Å². The molecule has 150 valence electrons. The van der Waals surface area contributed by atoms with Crippen molar-refractivity contribution >= 4 is 28.6 Å².